The number of Topliss-reactive ketones (excluding diaryl/α,β-unsaturated/α-hetero) is 1. The number of carbonyl (C=O) groups is 3. The predicted molar refractivity (Wildman–Crippen MR) is 117 cm³/mol. The van der Waals surface area contributed by atoms with Crippen LogP contribution in [0.4, 0.5) is 5.69 Å². The van der Waals surface area contributed by atoms with E-state index >= 15 is 0 Å². The van der Waals surface area contributed by atoms with Gasteiger partial charge in [0.25, 0.3) is 5.91 Å². The Hall–Kier alpha value is -3.75. The number of rotatable bonds is 4. The molecule has 4 heterocycles. The van der Waals surface area contributed by atoms with E-state index in [0.717, 1.165) is 16.6 Å². The van der Waals surface area contributed by atoms with Crippen molar-refractivity contribution in [2.24, 2.45) is 0 Å². The molecule has 3 aromatic rings. The lowest BCUT2D eigenvalue weighted by molar-refractivity contribution is -0.126. The molecule has 0 aliphatic carbocycles. The number of amides is 2. The number of anilines is 1. The van der Waals surface area contributed by atoms with E-state index in [-0.39, 0.29) is 24.1 Å². The van der Waals surface area contributed by atoms with E-state index in [1.165, 1.54) is 6.92 Å². The highest BCUT2D eigenvalue weighted by Crippen LogP contribution is 2.51. The molecule has 9 heteroatoms. The third kappa shape index (κ3) is 2.96. The van der Waals surface area contributed by atoms with Crippen LogP contribution in [-0.4, -0.2) is 64.4 Å². The molecule has 0 unspecified atom stereocenters. The molecule has 2 aromatic heterocycles. The molecule has 2 aliphatic heterocycles. The van der Waals surface area contributed by atoms with Gasteiger partial charge in [-0.2, -0.15) is 5.10 Å². The fourth-order valence-corrected chi connectivity index (χ4v) is 4.94. The van der Waals surface area contributed by atoms with Crippen molar-refractivity contribution >= 4 is 34.3 Å². The Kier molecular flexibility index (Phi) is 4.69. The zero-order valence-electron chi connectivity index (χ0n) is 17.9. The number of hydrogen-bond acceptors (Lipinski definition) is 6. The summed E-state index contributed by atoms with van der Waals surface area (Å²) in [5.41, 5.74) is 1.86. The third-order valence-electron chi connectivity index (χ3n) is 6.47. The second-order valence-corrected chi connectivity index (χ2v) is 8.35. The number of aromatic nitrogens is 3. The molecule has 0 saturated carbocycles. The first-order valence-corrected chi connectivity index (χ1v) is 10.5. The van der Waals surface area contributed by atoms with Gasteiger partial charge in [-0.15, -0.1) is 0 Å². The maximum atomic E-state index is 13.6. The Balaban J connectivity index is 1.44. The highest BCUT2D eigenvalue weighted by Gasteiger charge is 2.54. The van der Waals surface area contributed by atoms with Crippen molar-refractivity contribution in [3.8, 4) is 5.75 Å². The number of methoxy groups -OCH3 is 1. The number of likely N-dealkylation sites (tertiary alicyclic amines) is 1. The number of benzene rings is 1. The lowest BCUT2D eigenvalue weighted by atomic mass is 9.73. The Labute approximate surface area is 184 Å². The number of fused-ring (bicyclic) bond motifs is 3. The minimum Gasteiger partial charge on any atom is -0.496 e. The summed E-state index contributed by atoms with van der Waals surface area (Å²) in [6.45, 7) is 2.34. The van der Waals surface area contributed by atoms with Gasteiger partial charge in [0.05, 0.1) is 36.5 Å². The van der Waals surface area contributed by atoms with Crippen LogP contribution in [0.5, 0.6) is 5.75 Å². The quantitative estimate of drug-likeness (QED) is 0.675. The largest absolute Gasteiger partial charge is 0.496 e. The van der Waals surface area contributed by atoms with Gasteiger partial charge in [-0.3, -0.25) is 19.5 Å². The topological polar surface area (TPSA) is 108 Å². The van der Waals surface area contributed by atoms with Crippen LogP contribution in [0.15, 0.2) is 36.7 Å². The summed E-state index contributed by atoms with van der Waals surface area (Å²) in [5, 5.41) is 7.49. The number of nitrogens with one attached hydrogen (secondary N) is 1. The summed E-state index contributed by atoms with van der Waals surface area (Å²) in [4.78, 5) is 46.2. The van der Waals surface area contributed by atoms with Crippen LogP contribution in [0, 0.1) is 0 Å². The Morgan fingerprint density at radius 2 is 2.00 bits per heavy atom. The minimum absolute atomic E-state index is 0.0276. The summed E-state index contributed by atoms with van der Waals surface area (Å²) in [7, 11) is 1.58. The highest BCUT2D eigenvalue weighted by molar-refractivity contribution is 6.11. The lowest BCUT2D eigenvalue weighted by Gasteiger charge is -2.38. The molecule has 1 N–H and O–H groups in total. The van der Waals surface area contributed by atoms with Crippen LogP contribution in [0.3, 0.4) is 0 Å². The Bertz CT molecular complexity index is 1240. The molecule has 0 atom stereocenters. The number of piperidine rings is 1. The summed E-state index contributed by atoms with van der Waals surface area (Å²) >= 11 is 0. The molecule has 1 spiro atoms. The number of ketones is 1. The van der Waals surface area contributed by atoms with Crippen LogP contribution >= 0.6 is 0 Å². The zero-order valence-corrected chi connectivity index (χ0v) is 17.9. The maximum Gasteiger partial charge on any atom is 0.255 e. The van der Waals surface area contributed by atoms with E-state index in [2.05, 4.69) is 15.2 Å². The number of carbonyl (C=O) groups excluding carboxylic acids is 3. The number of ether oxygens (including phenoxy) is 1. The predicted octanol–water partition coefficient (Wildman–Crippen LogP) is 2.08. The fourth-order valence-electron chi connectivity index (χ4n) is 4.94. The molecule has 2 amide bonds. The van der Waals surface area contributed by atoms with Crippen LogP contribution in [-0.2, 0) is 15.0 Å². The molecular weight excluding hydrogens is 410 g/mol. The van der Waals surface area contributed by atoms with E-state index in [1.807, 2.05) is 18.2 Å². The van der Waals surface area contributed by atoms with Crippen molar-refractivity contribution in [1.29, 1.82) is 0 Å². The monoisotopic (exact) mass is 433 g/mol. The van der Waals surface area contributed by atoms with E-state index < -0.39 is 5.41 Å². The van der Waals surface area contributed by atoms with Gasteiger partial charge >= 0.3 is 0 Å². The average Bonchev–Trinajstić information content (AvgIpc) is 3.36. The number of aromatic amines is 1. The molecule has 1 aromatic carbocycles. The molecule has 0 bridgehead atoms. The first-order valence-electron chi connectivity index (χ1n) is 10.5. The Morgan fingerprint density at radius 1 is 1.22 bits per heavy atom. The van der Waals surface area contributed by atoms with Crippen molar-refractivity contribution in [3.05, 3.63) is 47.8 Å². The molecule has 164 valence electrons. The van der Waals surface area contributed by atoms with Crippen LogP contribution in [0.2, 0.25) is 0 Å². The van der Waals surface area contributed by atoms with Gasteiger partial charge in [0.2, 0.25) is 5.91 Å². The highest BCUT2D eigenvalue weighted by atomic mass is 16.5. The first-order chi connectivity index (χ1) is 15.4. The Morgan fingerprint density at radius 3 is 2.72 bits per heavy atom. The number of hydrogen-bond donors (Lipinski definition) is 1. The lowest BCUT2D eigenvalue weighted by Crippen LogP contribution is -2.50. The van der Waals surface area contributed by atoms with Crippen molar-refractivity contribution < 1.29 is 19.1 Å². The minimum atomic E-state index is -0.805. The molecule has 5 rings (SSSR count). The number of nitrogens with zero attached hydrogens (tertiary/aromatic N) is 4. The van der Waals surface area contributed by atoms with Crippen molar-refractivity contribution in [2.75, 3.05) is 31.6 Å². The van der Waals surface area contributed by atoms with Crippen LogP contribution in [0.1, 0.15) is 35.7 Å². The second-order valence-electron chi connectivity index (χ2n) is 8.35. The summed E-state index contributed by atoms with van der Waals surface area (Å²) in [6, 6.07) is 7.30. The van der Waals surface area contributed by atoms with Gasteiger partial charge < -0.3 is 14.5 Å². The van der Waals surface area contributed by atoms with E-state index in [0.29, 0.717) is 42.9 Å². The number of pyridine rings is 1. The van der Waals surface area contributed by atoms with Gasteiger partial charge in [0.1, 0.15) is 11.5 Å². The molecule has 0 radical (unpaired) electrons. The molecule has 1 saturated heterocycles. The van der Waals surface area contributed by atoms with Gasteiger partial charge in [0, 0.05) is 30.2 Å². The van der Waals surface area contributed by atoms with Gasteiger partial charge in [-0.25, -0.2) is 4.98 Å². The van der Waals surface area contributed by atoms with Gasteiger partial charge in [-0.05, 0) is 38.0 Å². The second kappa shape index (κ2) is 7.44. The summed E-state index contributed by atoms with van der Waals surface area (Å²) < 4.78 is 5.60. The molecular formula is C23H23N5O4. The van der Waals surface area contributed by atoms with Gasteiger partial charge in [-0.1, -0.05) is 6.07 Å². The van der Waals surface area contributed by atoms with Crippen LogP contribution in [0.25, 0.3) is 11.0 Å². The third-order valence-corrected chi connectivity index (χ3v) is 6.47. The normalized spacial score (nSPS) is 17.1. The smallest absolute Gasteiger partial charge is 0.255 e. The standard InChI is InChI=1S/C23H23N5O4/c1-14(29)13-28-17-4-3-5-18(32-2)19(17)23(22(28)31)6-8-27(9-7-23)21(30)16-10-15-12-25-26-20(15)24-11-16/h3-5,10-12H,6-9,13H2,1-2H3,(H,24,25,26). The summed E-state index contributed by atoms with van der Waals surface area (Å²) in [5.74, 6) is 0.331. The van der Waals surface area contributed by atoms with Crippen molar-refractivity contribution in [3.63, 3.8) is 0 Å². The van der Waals surface area contributed by atoms with E-state index in [1.54, 1.807) is 35.4 Å². The number of H-pyrrole nitrogens is 1. The van der Waals surface area contributed by atoms with Gasteiger partial charge in [0.15, 0.2) is 5.65 Å². The first kappa shape index (κ1) is 20.2. The fraction of sp³-hybridized carbons (Fsp3) is 0.348. The average molecular weight is 433 g/mol. The van der Waals surface area contributed by atoms with E-state index in [4.69, 9.17) is 4.74 Å². The van der Waals surface area contributed by atoms with Crippen LogP contribution < -0.4 is 9.64 Å². The molecule has 9 nitrogen and oxygen atoms in total. The maximum absolute atomic E-state index is 13.6. The molecule has 1 fully saturated rings. The van der Waals surface area contributed by atoms with E-state index in [9.17, 15) is 14.4 Å². The van der Waals surface area contributed by atoms with Crippen molar-refractivity contribution in [2.45, 2.75) is 25.2 Å². The zero-order chi connectivity index (χ0) is 22.5. The SMILES string of the molecule is COc1cccc2c1C1(CCN(C(=O)c3cnc4[nH]ncc4c3)CC1)C(=O)N2CC(C)=O. The van der Waals surface area contributed by atoms with Crippen molar-refractivity contribution in [1.82, 2.24) is 20.1 Å². The summed E-state index contributed by atoms with van der Waals surface area (Å²) in [6.07, 6.45) is 4.09. The molecule has 32 heavy (non-hydrogen) atoms. The molecule has 2 aliphatic rings.